The van der Waals surface area contributed by atoms with Crippen LogP contribution >= 0.6 is 0 Å². The average molecular weight is 274 g/mol. The first-order valence-corrected chi connectivity index (χ1v) is 7.65. The molecule has 3 heteroatoms. The molecule has 2 saturated carbocycles. The molecular weight excluding hydrogens is 252 g/mol. The fraction of sp³-hybridized carbons (Fsp3) is 0.647. The fourth-order valence-corrected chi connectivity index (χ4v) is 4.12. The van der Waals surface area contributed by atoms with E-state index in [0.29, 0.717) is 17.8 Å². The second kappa shape index (κ2) is 5.19. The highest BCUT2D eigenvalue weighted by Gasteiger charge is 2.43. The van der Waals surface area contributed by atoms with E-state index in [1.165, 1.54) is 0 Å². The molecule has 6 unspecified atom stereocenters. The van der Waals surface area contributed by atoms with Crippen LogP contribution in [0.5, 0.6) is 0 Å². The minimum absolute atomic E-state index is 0.0964. The zero-order valence-electron chi connectivity index (χ0n) is 12.0. The van der Waals surface area contributed by atoms with Gasteiger partial charge in [-0.05, 0) is 49.4 Å². The third kappa shape index (κ3) is 2.34. The van der Waals surface area contributed by atoms with Gasteiger partial charge < -0.3 is 4.74 Å². The zero-order valence-corrected chi connectivity index (χ0v) is 12.0. The molecule has 0 aromatic rings. The van der Waals surface area contributed by atoms with Gasteiger partial charge in [0.2, 0.25) is 0 Å². The Morgan fingerprint density at radius 2 is 1.85 bits per heavy atom. The molecule has 0 amide bonds. The van der Waals surface area contributed by atoms with Crippen molar-refractivity contribution in [3.05, 3.63) is 24.8 Å². The highest BCUT2D eigenvalue weighted by atomic mass is 16.6. The van der Waals surface area contributed by atoms with Crippen LogP contribution in [-0.4, -0.2) is 11.9 Å². The maximum atomic E-state index is 12.2. The normalized spacial score (nSPS) is 41.9. The Labute approximate surface area is 120 Å². The lowest BCUT2D eigenvalue weighted by molar-refractivity contribution is -0.166. The molecule has 6 atom stereocenters. The highest BCUT2D eigenvalue weighted by molar-refractivity contribution is 5.88. The van der Waals surface area contributed by atoms with E-state index in [9.17, 15) is 9.59 Å². The third-order valence-electron chi connectivity index (χ3n) is 5.34. The molecule has 0 aromatic carbocycles. The van der Waals surface area contributed by atoms with Crippen LogP contribution in [0.15, 0.2) is 24.8 Å². The van der Waals surface area contributed by atoms with Gasteiger partial charge in [0.05, 0.1) is 11.8 Å². The largest absolute Gasteiger partial charge is 0.393 e. The van der Waals surface area contributed by atoms with Gasteiger partial charge in [0.25, 0.3) is 0 Å². The summed E-state index contributed by atoms with van der Waals surface area (Å²) in [5.74, 6) is 0.600. The highest BCUT2D eigenvalue weighted by Crippen LogP contribution is 2.44. The number of ether oxygens (including phenoxy) is 1. The van der Waals surface area contributed by atoms with Gasteiger partial charge in [-0.15, -0.1) is 6.58 Å². The minimum Gasteiger partial charge on any atom is -0.393 e. The summed E-state index contributed by atoms with van der Waals surface area (Å²) in [6.45, 7) is 5.85. The maximum Gasteiger partial charge on any atom is 0.317 e. The summed E-state index contributed by atoms with van der Waals surface area (Å²) >= 11 is 0. The Bertz CT molecular complexity index is 465. The van der Waals surface area contributed by atoms with E-state index in [1.54, 1.807) is 0 Å². The molecule has 20 heavy (non-hydrogen) atoms. The Hall–Kier alpha value is -1.38. The number of carbonyl (C=O) groups is 2. The number of rotatable bonds is 3. The molecule has 0 aliphatic heterocycles. The number of esters is 2. The molecule has 0 radical (unpaired) electrons. The zero-order chi connectivity index (χ0) is 14.3. The van der Waals surface area contributed by atoms with Crippen LogP contribution in [0.25, 0.3) is 0 Å². The van der Waals surface area contributed by atoms with Crippen molar-refractivity contribution in [1.29, 1.82) is 0 Å². The van der Waals surface area contributed by atoms with Crippen molar-refractivity contribution in [3.63, 3.8) is 0 Å². The minimum atomic E-state index is -0.321. The summed E-state index contributed by atoms with van der Waals surface area (Å²) in [7, 11) is 0. The molecule has 2 fully saturated rings. The lowest BCUT2D eigenvalue weighted by atomic mass is 9.93. The molecule has 3 rings (SSSR count). The van der Waals surface area contributed by atoms with Gasteiger partial charge in [-0.1, -0.05) is 25.2 Å². The summed E-state index contributed by atoms with van der Waals surface area (Å²) < 4.78 is 5.19. The van der Waals surface area contributed by atoms with Crippen LogP contribution < -0.4 is 0 Å². The predicted molar refractivity (Wildman–Crippen MR) is 75.5 cm³/mol. The summed E-state index contributed by atoms with van der Waals surface area (Å²) in [5.41, 5.74) is 0. The number of allylic oxidation sites excluding steroid dienone is 3. The van der Waals surface area contributed by atoms with E-state index < -0.39 is 0 Å². The van der Waals surface area contributed by atoms with Crippen molar-refractivity contribution in [2.24, 2.45) is 35.5 Å². The molecule has 3 aliphatic carbocycles. The van der Waals surface area contributed by atoms with Gasteiger partial charge in [-0.3, -0.25) is 9.59 Å². The molecule has 0 N–H and O–H groups in total. The quantitative estimate of drug-likeness (QED) is 0.451. The summed E-state index contributed by atoms with van der Waals surface area (Å²) in [4.78, 5) is 24.4. The van der Waals surface area contributed by atoms with Crippen molar-refractivity contribution in [2.45, 2.75) is 32.6 Å². The van der Waals surface area contributed by atoms with E-state index in [2.05, 4.69) is 25.7 Å². The van der Waals surface area contributed by atoms with Gasteiger partial charge in [0.1, 0.15) is 0 Å². The van der Waals surface area contributed by atoms with E-state index in [0.717, 1.165) is 25.7 Å². The molecule has 108 valence electrons. The molecular formula is C17H22O3. The van der Waals surface area contributed by atoms with Crippen molar-refractivity contribution in [1.82, 2.24) is 0 Å². The smallest absolute Gasteiger partial charge is 0.317 e. The number of hydrogen-bond acceptors (Lipinski definition) is 3. The van der Waals surface area contributed by atoms with Crippen LogP contribution in [-0.2, 0) is 14.3 Å². The van der Waals surface area contributed by atoms with Crippen molar-refractivity contribution in [3.8, 4) is 0 Å². The van der Waals surface area contributed by atoms with E-state index in [4.69, 9.17) is 4.74 Å². The van der Waals surface area contributed by atoms with Crippen LogP contribution in [0, 0.1) is 35.5 Å². The van der Waals surface area contributed by atoms with E-state index >= 15 is 0 Å². The number of hydrogen-bond donors (Lipinski definition) is 0. The second-order valence-corrected chi connectivity index (χ2v) is 6.68. The van der Waals surface area contributed by atoms with E-state index in [-0.39, 0.29) is 29.7 Å². The first kappa shape index (κ1) is 13.6. The Morgan fingerprint density at radius 1 is 1.10 bits per heavy atom. The maximum absolute atomic E-state index is 12.2. The molecule has 0 saturated heterocycles. The lowest BCUT2D eigenvalue weighted by Crippen LogP contribution is -2.28. The third-order valence-corrected chi connectivity index (χ3v) is 5.34. The van der Waals surface area contributed by atoms with E-state index in [1.807, 2.05) is 6.08 Å². The topological polar surface area (TPSA) is 43.4 Å². The molecule has 0 aromatic heterocycles. The van der Waals surface area contributed by atoms with Gasteiger partial charge >= 0.3 is 11.9 Å². The van der Waals surface area contributed by atoms with Gasteiger partial charge in [0, 0.05) is 0 Å². The van der Waals surface area contributed by atoms with Crippen LogP contribution in [0.1, 0.15) is 32.6 Å². The Morgan fingerprint density at radius 3 is 2.40 bits per heavy atom. The molecule has 3 nitrogen and oxygen atoms in total. The Balaban J connectivity index is 1.58. The lowest BCUT2D eigenvalue weighted by Gasteiger charge is -2.18. The van der Waals surface area contributed by atoms with Crippen LogP contribution in [0.4, 0.5) is 0 Å². The van der Waals surface area contributed by atoms with Gasteiger partial charge in [-0.2, -0.15) is 0 Å². The first-order chi connectivity index (χ1) is 9.58. The molecule has 3 aliphatic rings. The summed E-state index contributed by atoms with van der Waals surface area (Å²) in [6.07, 6.45) is 9.84. The average Bonchev–Trinajstić information content (AvgIpc) is 3.12. The van der Waals surface area contributed by atoms with Crippen LogP contribution in [0.2, 0.25) is 0 Å². The van der Waals surface area contributed by atoms with Gasteiger partial charge in [0.15, 0.2) is 0 Å². The standard InChI is InChI=1S/C17H22O3/c1-3-11-6-10(2)14(8-11)16(18)20-17(19)15-9-12-4-5-13(15)7-12/h3-5,10-15H,1,6-9H2,2H3. The SMILES string of the molecule is C=CC1CC(C)C(C(=O)OC(=O)C2CC3C=CC2C3)C1. The van der Waals surface area contributed by atoms with Crippen molar-refractivity contribution >= 4 is 11.9 Å². The summed E-state index contributed by atoms with van der Waals surface area (Å²) in [6, 6.07) is 0. The molecule has 0 heterocycles. The fourth-order valence-electron chi connectivity index (χ4n) is 4.12. The summed E-state index contributed by atoms with van der Waals surface area (Å²) in [5, 5.41) is 0. The van der Waals surface area contributed by atoms with Crippen LogP contribution in [0.3, 0.4) is 0 Å². The van der Waals surface area contributed by atoms with Crippen molar-refractivity contribution < 1.29 is 14.3 Å². The monoisotopic (exact) mass is 274 g/mol. The molecule has 2 bridgehead atoms. The first-order valence-electron chi connectivity index (χ1n) is 7.65. The number of fused-ring (bicyclic) bond motifs is 2. The number of carbonyl (C=O) groups excluding carboxylic acids is 2. The Kier molecular flexibility index (Phi) is 3.53. The predicted octanol–water partition coefficient (Wildman–Crippen LogP) is 3.12. The second-order valence-electron chi connectivity index (χ2n) is 6.68. The van der Waals surface area contributed by atoms with Crippen molar-refractivity contribution in [2.75, 3.05) is 0 Å². The molecule has 0 spiro atoms. The van der Waals surface area contributed by atoms with Gasteiger partial charge in [-0.25, -0.2) is 0 Å².